The molecule has 10 heteroatoms. The highest BCUT2D eigenvalue weighted by Crippen LogP contribution is 2.34. The third-order valence-electron chi connectivity index (χ3n) is 8.18. The lowest BCUT2D eigenvalue weighted by Gasteiger charge is -2.22. The fraction of sp³-hybridized carbons (Fsp3) is 0.406. The van der Waals surface area contributed by atoms with Crippen LogP contribution in [-0.2, 0) is 6.18 Å². The first-order chi connectivity index (χ1) is 20.1. The summed E-state index contributed by atoms with van der Waals surface area (Å²) in [5, 5.41) is 5.76. The summed E-state index contributed by atoms with van der Waals surface area (Å²) < 4.78 is 40.9. The first-order valence-corrected chi connectivity index (χ1v) is 14.5. The van der Waals surface area contributed by atoms with E-state index in [4.69, 9.17) is 0 Å². The van der Waals surface area contributed by atoms with E-state index in [-0.39, 0.29) is 11.5 Å². The molecule has 2 aliphatic rings. The van der Waals surface area contributed by atoms with Gasteiger partial charge in [-0.05, 0) is 87.7 Å². The number of nitrogens with one attached hydrogen (secondary N) is 2. The van der Waals surface area contributed by atoms with Crippen LogP contribution in [0.2, 0.25) is 0 Å². The van der Waals surface area contributed by atoms with Gasteiger partial charge in [-0.25, -0.2) is 0 Å². The van der Waals surface area contributed by atoms with Gasteiger partial charge in [0, 0.05) is 53.7 Å². The maximum atomic E-state index is 13.6. The minimum atomic E-state index is -4.57. The fourth-order valence-electron chi connectivity index (χ4n) is 5.82. The van der Waals surface area contributed by atoms with Crippen molar-refractivity contribution >= 4 is 23.2 Å². The van der Waals surface area contributed by atoms with Gasteiger partial charge < -0.3 is 15.5 Å². The van der Waals surface area contributed by atoms with E-state index in [0.717, 1.165) is 62.0 Å². The summed E-state index contributed by atoms with van der Waals surface area (Å²) in [5.74, 6) is -0.774. The number of halogens is 3. The van der Waals surface area contributed by atoms with E-state index in [1.54, 1.807) is 18.2 Å². The quantitative estimate of drug-likeness (QED) is 0.335. The van der Waals surface area contributed by atoms with E-state index < -0.39 is 17.6 Å². The van der Waals surface area contributed by atoms with Crippen molar-refractivity contribution in [2.75, 3.05) is 42.9 Å². The van der Waals surface area contributed by atoms with Crippen LogP contribution in [0.3, 0.4) is 0 Å². The van der Waals surface area contributed by atoms with Gasteiger partial charge in [-0.2, -0.15) is 13.2 Å². The lowest BCUT2D eigenvalue weighted by Crippen LogP contribution is -2.40. The molecule has 0 saturated carbocycles. The zero-order valence-electron chi connectivity index (χ0n) is 23.9. The van der Waals surface area contributed by atoms with Crippen LogP contribution in [-0.4, -0.2) is 60.5 Å². The SMILES string of the molecule is CCN1CCCC1CNC(=O)c1ccc(-c2cc(NC(=O)c3cc(N4CCCC4)cc(C(F)(F)F)c3)cnc2C)cc1. The maximum Gasteiger partial charge on any atom is 0.416 e. The number of anilines is 2. The van der Waals surface area contributed by atoms with Crippen molar-refractivity contribution < 1.29 is 22.8 Å². The number of carbonyl (C=O) groups is 2. The predicted molar refractivity (Wildman–Crippen MR) is 158 cm³/mol. The first kappa shape index (κ1) is 29.6. The number of pyridine rings is 1. The van der Waals surface area contributed by atoms with Gasteiger partial charge in [0.05, 0.1) is 17.4 Å². The molecule has 1 aromatic heterocycles. The summed E-state index contributed by atoms with van der Waals surface area (Å²) in [6.07, 6.45) is 0.947. The summed E-state index contributed by atoms with van der Waals surface area (Å²) >= 11 is 0. The Balaban J connectivity index is 1.30. The number of hydrogen-bond acceptors (Lipinski definition) is 5. The van der Waals surface area contributed by atoms with Gasteiger partial charge in [-0.1, -0.05) is 19.1 Å². The van der Waals surface area contributed by atoms with Crippen molar-refractivity contribution in [3.63, 3.8) is 0 Å². The van der Waals surface area contributed by atoms with E-state index in [9.17, 15) is 22.8 Å². The van der Waals surface area contributed by atoms with Crippen LogP contribution in [0, 0.1) is 6.92 Å². The highest BCUT2D eigenvalue weighted by Gasteiger charge is 2.33. The van der Waals surface area contributed by atoms with Crippen molar-refractivity contribution in [3.05, 3.63) is 77.1 Å². The van der Waals surface area contributed by atoms with Gasteiger partial charge in [0.2, 0.25) is 0 Å². The molecule has 1 unspecified atom stereocenters. The highest BCUT2D eigenvalue weighted by atomic mass is 19.4. The number of nitrogens with zero attached hydrogens (tertiary/aromatic N) is 3. The molecule has 5 rings (SSSR count). The van der Waals surface area contributed by atoms with Crippen molar-refractivity contribution in [1.82, 2.24) is 15.2 Å². The zero-order chi connectivity index (χ0) is 29.9. The molecule has 3 aromatic rings. The number of likely N-dealkylation sites (N-methyl/N-ethyl adjacent to an activating group) is 1. The van der Waals surface area contributed by atoms with Gasteiger partial charge in [0.1, 0.15) is 0 Å². The van der Waals surface area contributed by atoms with Crippen LogP contribution in [0.15, 0.2) is 54.7 Å². The number of aromatic nitrogens is 1. The molecule has 2 aromatic carbocycles. The zero-order valence-corrected chi connectivity index (χ0v) is 23.9. The molecule has 0 aliphatic carbocycles. The minimum Gasteiger partial charge on any atom is -0.372 e. The first-order valence-electron chi connectivity index (χ1n) is 14.5. The average Bonchev–Trinajstić information content (AvgIpc) is 3.69. The van der Waals surface area contributed by atoms with E-state index in [1.165, 1.54) is 12.3 Å². The topological polar surface area (TPSA) is 77.6 Å². The van der Waals surface area contributed by atoms with Crippen LogP contribution in [0.4, 0.5) is 24.5 Å². The second-order valence-corrected chi connectivity index (χ2v) is 11.0. The molecule has 2 aliphatic heterocycles. The third kappa shape index (κ3) is 6.75. The summed E-state index contributed by atoms with van der Waals surface area (Å²) in [4.78, 5) is 34.5. The predicted octanol–water partition coefficient (Wildman–Crippen LogP) is 6.14. The molecule has 0 bridgehead atoms. The standard InChI is InChI=1S/C32H36F3N5O2/c1-3-39-14-6-7-27(39)20-37-30(41)23-10-8-22(9-11-23)29-18-26(19-36-21(29)2)38-31(42)24-15-25(32(33,34)35)17-28(16-24)40-12-4-5-13-40/h8-11,15-19,27H,3-7,12-14,20H2,1-2H3,(H,37,41)(H,38,42). The van der Waals surface area contributed by atoms with Gasteiger partial charge in [-0.15, -0.1) is 0 Å². The number of likely N-dealkylation sites (tertiary alicyclic amines) is 1. The van der Waals surface area contributed by atoms with Crippen LogP contribution < -0.4 is 15.5 Å². The normalized spacial score (nSPS) is 17.5. The summed E-state index contributed by atoms with van der Waals surface area (Å²) in [7, 11) is 0. The molecule has 3 heterocycles. The number of carbonyl (C=O) groups excluding carboxylic acids is 2. The van der Waals surface area contributed by atoms with E-state index >= 15 is 0 Å². The number of alkyl halides is 3. The largest absolute Gasteiger partial charge is 0.416 e. The Kier molecular flexibility index (Phi) is 8.82. The number of rotatable bonds is 8. The Labute approximate surface area is 244 Å². The maximum absolute atomic E-state index is 13.6. The van der Waals surface area contributed by atoms with Crippen LogP contribution in [0.1, 0.15) is 64.6 Å². The molecule has 42 heavy (non-hydrogen) atoms. The summed E-state index contributed by atoms with van der Waals surface area (Å²) in [5.41, 5.74) is 2.64. The van der Waals surface area contributed by atoms with Crippen LogP contribution in [0.25, 0.3) is 11.1 Å². The Hall–Kier alpha value is -3.92. The van der Waals surface area contributed by atoms with Crippen molar-refractivity contribution in [1.29, 1.82) is 0 Å². The van der Waals surface area contributed by atoms with Crippen LogP contribution in [0.5, 0.6) is 0 Å². The minimum absolute atomic E-state index is 0.0659. The highest BCUT2D eigenvalue weighted by molar-refractivity contribution is 6.05. The Morgan fingerprint density at radius 1 is 0.952 bits per heavy atom. The van der Waals surface area contributed by atoms with Crippen LogP contribution >= 0.6 is 0 Å². The molecule has 0 radical (unpaired) electrons. The fourth-order valence-corrected chi connectivity index (χ4v) is 5.82. The molecule has 2 saturated heterocycles. The number of aryl methyl sites for hydroxylation is 1. The van der Waals surface area contributed by atoms with E-state index in [1.807, 2.05) is 24.0 Å². The molecule has 7 nitrogen and oxygen atoms in total. The van der Waals surface area contributed by atoms with E-state index in [0.29, 0.717) is 48.3 Å². The van der Waals surface area contributed by atoms with Crippen molar-refractivity contribution in [2.45, 2.75) is 51.7 Å². The molecular formula is C32H36F3N5O2. The molecule has 2 fully saturated rings. The third-order valence-corrected chi connectivity index (χ3v) is 8.18. The Morgan fingerprint density at radius 2 is 1.69 bits per heavy atom. The van der Waals surface area contributed by atoms with Gasteiger partial charge >= 0.3 is 6.18 Å². The molecule has 1 atom stereocenters. The average molecular weight is 580 g/mol. The molecule has 2 N–H and O–H groups in total. The molecular weight excluding hydrogens is 543 g/mol. The second-order valence-electron chi connectivity index (χ2n) is 11.0. The number of benzene rings is 2. The van der Waals surface area contributed by atoms with Gasteiger partial charge in [0.25, 0.3) is 11.8 Å². The Bertz CT molecular complexity index is 1440. The number of amides is 2. The smallest absolute Gasteiger partial charge is 0.372 e. The van der Waals surface area contributed by atoms with Gasteiger partial charge in [0.15, 0.2) is 0 Å². The number of hydrogen-bond donors (Lipinski definition) is 2. The molecule has 0 spiro atoms. The monoisotopic (exact) mass is 579 g/mol. The summed E-state index contributed by atoms with van der Waals surface area (Å²) in [6, 6.07) is 12.8. The van der Waals surface area contributed by atoms with E-state index in [2.05, 4.69) is 27.4 Å². The lowest BCUT2D eigenvalue weighted by atomic mass is 10.0. The van der Waals surface area contributed by atoms with Gasteiger partial charge in [-0.3, -0.25) is 19.5 Å². The van der Waals surface area contributed by atoms with Crippen molar-refractivity contribution in [2.24, 2.45) is 0 Å². The Morgan fingerprint density at radius 3 is 2.38 bits per heavy atom. The second kappa shape index (κ2) is 12.5. The molecule has 222 valence electrons. The summed E-state index contributed by atoms with van der Waals surface area (Å²) in [6.45, 7) is 7.94. The van der Waals surface area contributed by atoms with Crippen molar-refractivity contribution in [3.8, 4) is 11.1 Å². The lowest BCUT2D eigenvalue weighted by molar-refractivity contribution is -0.137. The molecule has 2 amide bonds.